The minimum Gasteiger partial charge on any atom is -0.381 e. The summed E-state index contributed by atoms with van der Waals surface area (Å²) in [5, 5.41) is 12.2. The smallest absolute Gasteiger partial charge is 0.120 e. The lowest BCUT2D eigenvalue weighted by atomic mass is 10.2. The molecule has 0 spiro atoms. The summed E-state index contributed by atoms with van der Waals surface area (Å²) < 4.78 is 1.84. The van der Waals surface area contributed by atoms with Crippen molar-refractivity contribution in [2.75, 3.05) is 5.32 Å². The van der Waals surface area contributed by atoms with E-state index in [0.29, 0.717) is 5.69 Å². The third-order valence-electron chi connectivity index (χ3n) is 2.72. The van der Waals surface area contributed by atoms with Gasteiger partial charge in [0.25, 0.3) is 0 Å². The van der Waals surface area contributed by atoms with Crippen LogP contribution in [0.4, 0.5) is 5.69 Å². The monoisotopic (exact) mass is 225 g/mol. The Bertz CT molecular complexity index is 544. The van der Waals surface area contributed by atoms with Crippen LogP contribution in [-0.4, -0.2) is 4.57 Å². The Labute approximate surface area is 101 Å². The number of rotatable bonds is 3. The first-order chi connectivity index (χ1) is 8.19. The van der Waals surface area contributed by atoms with Crippen LogP contribution in [-0.2, 0) is 13.6 Å². The van der Waals surface area contributed by atoms with Gasteiger partial charge in [0.1, 0.15) is 11.8 Å². The van der Waals surface area contributed by atoms with Gasteiger partial charge in [-0.15, -0.1) is 0 Å². The summed E-state index contributed by atoms with van der Waals surface area (Å²) in [7, 11) is 1.88. The van der Waals surface area contributed by atoms with Crippen LogP contribution in [0.1, 0.15) is 16.8 Å². The van der Waals surface area contributed by atoms with Crippen LogP contribution < -0.4 is 5.32 Å². The molecule has 1 heterocycles. The molecule has 0 aliphatic rings. The van der Waals surface area contributed by atoms with E-state index in [2.05, 4.69) is 42.6 Å². The normalized spacial score (nSPS) is 9.94. The van der Waals surface area contributed by atoms with E-state index < -0.39 is 0 Å². The average molecular weight is 225 g/mol. The summed E-state index contributed by atoms with van der Waals surface area (Å²) in [6.45, 7) is 2.80. The Morgan fingerprint density at radius 2 is 2.00 bits per heavy atom. The molecule has 3 nitrogen and oxygen atoms in total. The predicted molar refractivity (Wildman–Crippen MR) is 68.6 cm³/mol. The first-order valence-corrected chi connectivity index (χ1v) is 5.55. The van der Waals surface area contributed by atoms with E-state index in [1.165, 1.54) is 5.56 Å². The Morgan fingerprint density at radius 1 is 1.29 bits per heavy atom. The van der Waals surface area contributed by atoms with E-state index in [4.69, 9.17) is 5.26 Å². The molecule has 2 aromatic rings. The average Bonchev–Trinajstić information content (AvgIpc) is 2.69. The van der Waals surface area contributed by atoms with Crippen LogP contribution >= 0.6 is 0 Å². The molecular weight excluding hydrogens is 210 g/mol. The van der Waals surface area contributed by atoms with Gasteiger partial charge in [0.2, 0.25) is 0 Å². The van der Waals surface area contributed by atoms with Crippen molar-refractivity contribution >= 4 is 5.69 Å². The SMILES string of the molecule is Cc1ccc(NCc2cc(C#N)n(C)c2)cc1. The minimum atomic E-state index is 0.686. The highest BCUT2D eigenvalue weighted by molar-refractivity contribution is 5.45. The number of aryl methyl sites for hydroxylation is 2. The molecule has 0 amide bonds. The highest BCUT2D eigenvalue weighted by atomic mass is 14.9. The number of anilines is 1. The lowest BCUT2D eigenvalue weighted by Gasteiger charge is -2.04. The highest BCUT2D eigenvalue weighted by Gasteiger charge is 2.01. The summed E-state index contributed by atoms with van der Waals surface area (Å²) in [6.07, 6.45) is 1.97. The van der Waals surface area contributed by atoms with Crippen molar-refractivity contribution in [1.82, 2.24) is 4.57 Å². The molecule has 3 heteroatoms. The van der Waals surface area contributed by atoms with Gasteiger partial charge in [0, 0.05) is 25.5 Å². The fourth-order valence-electron chi connectivity index (χ4n) is 1.72. The van der Waals surface area contributed by atoms with Crippen LogP contribution in [0.5, 0.6) is 0 Å². The van der Waals surface area contributed by atoms with Gasteiger partial charge in [0.15, 0.2) is 0 Å². The molecule has 0 radical (unpaired) electrons. The second-order valence-electron chi connectivity index (χ2n) is 4.18. The van der Waals surface area contributed by atoms with E-state index in [1.54, 1.807) is 0 Å². The maximum absolute atomic E-state index is 8.86. The fourth-order valence-corrected chi connectivity index (χ4v) is 1.72. The molecule has 0 unspecified atom stereocenters. The van der Waals surface area contributed by atoms with Gasteiger partial charge in [-0.25, -0.2) is 0 Å². The van der Waals surface area contributed by atoms with Crippen molar-refractivity contribution in [3.8, 4) is 6.07 Å². The van der Waals surface area contributed by atoms with Crippen LogP contribution in [0, 0.1) is 18.3 Å². The van der Waals surface area contributed by atoms with E-state index in [9.17, 15) is 0 Å². The van der Waals surface area contributed by atoms with Crippen molar-refractivity contribution < 1.29 is 0 Å². The first-order valence-electron chi connectivity index (χ1n) is 5.55. The zero-order valence-electron chi connectivity index (χ0n) is 10.1. The molecule has 1 aromatic heterocycles. The van der Waals surface area contributed by atoms with Crippen LogP contribution in [0.15, 0.2) is 36.5 Å². The second kappa shape index (κ2) is 4.75. The lowest BCUT2D eigenvalue weighted by molar-refractivity contribution is 0.902. The van der Waals surface area contributed by atoms with Crippen molar-refractivity contribution in [3.05, 3.63) is 53.3 Å². The largest absolute Gasteiger partial charge is 0.381 e. The Balaban J connectivity index is 2.02. The Morgan fingerprint density at radius 3 is 2.59 bits per heavy atom. The molecule has 86 valence electrons. The molecule has 0 aliphatic carbocycles. The number of hydrogen-bond donors (Lipinski definition) is 1. The van der Waals surface area contributed by atoms with Gasteiger partial charge >= 0.3 is 0 Å². The molecule has 1 N–H and O–H groups in total. The molecule has 0 aliphatic heterocycles. The molecule has 0 saturated carbocycles. The molecule has 0 atom stereocenters. The third kappa shape index (κ3) is 2.67. The zero-order valence-corrected chi connectivity index (χ0v) is 10.1. The molecule has 0 saturated heterocycles. The van der Waals surface area contributed by atoms with Crippen LogP contribution in [0.25, 0.3) is 0 Å². The highest BCUT2D eigenvalue weighted by Crippen LogP contribution is 2.12. The van der Waals surface area contributed by atoms with Crippen LogP contribution in [0.3, 0.4) is 0 Å². The van der Waals surface area contributed by atoms with Gasteiger partial charge in [0.05, 0.1) is 0 Å². The van der Waals surface area contributed by atoms with Crippen molar-refractivity contribution in [2.24, 2.45) is 7.05 Å². The van der Waals surface area contributed by atoms with Gasteiger partial charge in [-0.3, -0.25) is 0 Å². The van der Waals surface area contributed by atoms with E-state index in [0.717, 1.165) is 17.8 Å². The van der Waals surface area contributed by atoms with Gasteiger partial charge < -0.3 is 9.88 Å². The number of hydrogen-bond acceptors (Lipinski definition) is 2. The quantitative estimate of drug-likeness (QED) is 0.872. The molecule has 1 aromatic carbocycles. The molecule has 2 rings (SSSR count). The molecule has 0 fully saturated rings. The standard InChI is InChI=1S/C14H15N3/c1-11-3-5-13(6-4-11)16-9-12-7-14(8-15)17(2)10-12/h3-7,10,16H,9H2,1-2H3. The summed E-state index contributed by atoms with van der Waals surface area (Å²) in [5.74, 6) is 0. The minimum absolute atomic E-state index is 0.686. The number of benzene rings is 1. The summed E-state index contributed by atoms with van der Waals surface area (Å²) in [6, 6.07) is 12.3. The Kier molecular flexibility index (Phi) is 3.15. The van der Waals surface area contributed by atoms with Gasteiger partial charge in [-0.05, 0) is 30.7 Å². The fraction of sp³-hybridized carbons (Fsp3) is 0.214. The maximum Gasteiger partial charge on any atom is 0.120 e. The second-order valence-corrected chi connectivity index (χ2v) is 4.18. The molecule has 17 heavy (non-hydrogen) atoms. The molecule has 0 bridgehead atoms. The topological polar surface area (TPSA) is 40.8 Å². The number of nitrogens with zero attached hydrogens (tertiary/aromatic N) is 2. The number of nitriles is 1. The molecular formula is C14H15N3. The van der Waals surface area contributed by atoms with Crippen molar-refractivity contribution in [2.45, 2.75) is 13.5 Å². The van der Waals surface area contributed by atoms with Gasteiger partial charge in [-0.2, -0.15) is 5.26 Å². The van der Waals surface area contributed by atoms with E-state index >= 15 is 0 Å². The Hall–Kier alpha value is -2.21. The zero-order chi connectivity index (χ0) is 12.3. The van der Waals surface area contributed by atoms with Crippen molar-refractivity contribution in [3.63, 3.8) is 0 Å². The third-order valence-corrected chi connectivity index (χ3v) is 2.72. The lowest BCUT2D eigenvalue weighted by Crippen LogP contribution is -1.98. The predicted octanol–water partition coefficient (Wildman–Crippen LogP) is 2.82. The summed E-state index contributed by atoms with van der Waals surface area (Å²) in [5.41, 5.74) is 4.15. The van der Waals surface area contributed by atoms with E-state index in [1.807, 2.05) is 23.9 Å². The van der Waals surface area contributed by atoms with Crippen LogP contribution in [0.2, 0.25) is 0 Å². The summed E-state index contributed by atoms with van der Waals surface area (Å²) >= 11 is 0. The summed E-state index contributed by atoms with van der Waals surface area (Å²) in [4.78, 5) is 0. The van der Waals surface area contributed by atoms with Crippen molar-refractivity contribution in [1.29, 1.82) is 5.26 Å². The number of nitrogens with one attached hydrogen (secondary N) is 1. The maximum atomic E-state index is 8.86. The van der Waals surface area contributed by atoms with E-state index in [-0.39, 0.29) is 0 Å². The van der Waals surface area contributed by atoms with Gasteiger partial charge in [-0.1, -0.05) is 17.7 Å². The number of aromatic nitrogens is 1. The first kappa shape index (κ1) is 11.3.